The molecule has 8 rings (SSSR count). The lowest BCUT2D eigenvalue weighted by atomic mass is 10.1. The van der Waals surface area contributed by atoms with Crippen molar-refractivity contribution in [2.24, 2.45) is 4.99 Å². The summed E-state index contributed by atoms with van der Waals surface area (Å²) in [5.41, 5.74) is 2.69. The second kappa shape index (κ2) is 28.1. The minimum absolute atomic E-state index is 0.0905. The Hall–Kier alpha value is -5.89. The molecule has 0 radical (unpaired) electrons. The number of nitrogens with zero attached hydrogens (tertiary/aromatic N) is 8. The van der Waals surface area contributed by atoms with Crippen LogP contribution in [-0.2, 0) is 27.1 Å². The molecule has 18 heteroatoms. The molecule has 3 aromatic heterocycles. The number of carbonyl (C=O) groups is 1. The van der Waals surface area contributed by atoms with Gasteiger partial charge in [0.05, 0.1) is 56.7 Å². The third kappa shape index (κ3) is 16.0. The van der Waals surface area contributed by atoms with Crippen LogP contribution >= 0.6 is 22.7 Å². The molecule has 1 aliphatic rings. The highest BCUT2D eigenvalue weighted by atomic mass is 32.1. The molecule has 436 valence electrons. The molecule has 1 atom stereocenters. The van der Waals surface area contributed by atoms with E-state index in [-0.39, 0.29) is 29.2 Å². The van der Waals surface area contributed by atoms with Crippen LogP contribution in [0.1, 0.15) is 85.8 Å². The number of fused-ring (bicyclic) bond motifs is 1. The number of benzene rings is 4. The van der Waals surface area contributed by atoms with Crippen molar-refractivity contribution in [1.29, 1.82) is 0 Å². The number of aromatic nitrogens is 4. The average Bonchev–Trinajstić information content (AvgIpc) is 4.15. The van der Waals surface area contributed by atoms with Crippen LogP contribution in [-0.4, -0.2) is 132 Å². The quantitative estimate of drug-likeness (QED) is 0.0180. The molecule has 0 N–H and O–H groups in total. The number of esters is 1. The van der Waals surface area contributed by atoms with E-state index in [2.05, 4.69) is 142 Å². The molecule has 4 heterocycles. The number of piperidine rings is 1. The predicted molar refractivity (Wildman–Crippen MR) is 338 cm³/mol. The molecule has 1 unspecified atom stereocenters. The number of carbonyl (C=O) groups excluding carboxylic acids is 1. The maximum absolute atomic E-state index is 15.2. The normalized spacial score (nSPS) is 14.4. The largest absolute Gasteiger partial charge is 0.491 e. The van der Waals surface area contributed by atoms with Gasteiger partial charge in [0.25, 0.3) is 8.32 Å². The van der Waals surface area contributed by atoms with E-state index in [1.165, 1.54) is 54.1 Å². The Morgan fingerprint density at radius 1 is 0.890 bits per heavy atom. The first-order chi connectivity index (χ1) is 39.3. The number of thiazole rings is 2. The predicted octanol–water partition coefficient (Wildman–Crippen LogP) is 12.1. The van der Waals surface area contributed by atoms with Crippen molar-refractivity contribution in [3.05, 3.63) is 142 Å². The van der Waals surface area contributed by atoms with Crippen LogP contribution in [0, 0.1) is 24.6 Å². The van der Waals surface area contributed by atoms with Crippen molar-refractivity contribution >= 4 is 82.4 Å². The first kappa shape index (κ1) is 62.2. The van der Waals surface area contributed by atoms with Crippen LogP contribution in [0.4, 0.5) is 21.2 Å². The van der Waals surface area contributed by atoms with Crippen LogP contribution in [0.3, 0.4) is 0 Å². The van der Waals surface area contributed by atoms with Gasteiger partial charge in [0, 0.05) is 31.7 Å². The second-order valence-corrected chi connectivity index (χ2v) is 36.3. The van der Waals surface area contributed by atoms with Gasteiger partial charge in [0.2, 0.25) is 0 Å². The number of hydrogen-bond donors (Lipinski definition) is 0. The number of anilines is 2. The zero-order chi connectivity index (χ0) is 58.5. The van der Waals surface area contributed by atoms with Crippen LogP contribution in [0.2, 0.25) is 30.7 Å². The zero-order valence-corrected chi connectivity index (χ0v) is 53.7. The van der Waals surface area contributed by atoms with Crippen molar-refractivity contribution in [2.45, 2.75) is 116 Å². The summed E-state index contributed by atoms with van der Waals surface area (Å²) in [5.74, 6) is 6.27. The number of para-hydroxylation sites is 1. The molecule has 1 saturated heterocycles. The minimum Gasteiger partial charge on any atom is -0.491 e. The Morgan fingerprint density at radius 2 is 1.59 bits per heavy atom. The van der Waals surface area contributed by atoms with Crippen LogP contribution in [0.25, 0.3) is 10.2 Å². The van der Waals surface area contributed by atoms with Gasteiger partial charge in [0.1, 0.15) is 13.3 Å². The number of likely N-dealkylation sites (N-methyl/N-ethyl adjacent to an activating group) is 1. The van der Waals surface area contributed by atoms with Gasteiger partial charge in [-0.25, -0.2) is 14.2 Å². The van der Waals surface area contributed by atoms with Gasteiger partial charge in [-0.3, -0.25) is 9.47 Å². The van der Waals surface area contributed by atoms with Gasteiger partial charge in [-0.1, -0.05) is 136 Å². The van der Waals surface area contributed by atoms with E-state index < -0.39 is 28.2 Å². The number of rotatable bonds is 25. The highest BCUT2D eigenvalue weighted by Crippen LogP contribution is 2.39. The molecule has 13 nitrogen and oxygen atoms in total. The maximum atomic E-state index is 15.2. The molecule has 0 saturated carbocycles. The summed E-state index contributed by atoms with van der Waals surface area (Å²) in [5, 5.41) is 12.7. The van der Waals surface area contributed by atoms with E-state index in [9.17, 15) is 4.79 Å². The van der Waals surface area contributed by atoms with Gasteiger partial charge in [0.15, 0.2) is 38.8 Å². The summed E-state index contributed by atoms with van der Waals surface area (Å²) in [4.78, 5) is 29.4. The first-order valence-electron chi connectivity index (χ1n) is 28.8. The molecule has 0 amide bonds. The van der Waals surface area contributed by atoms with Crippen molar-refractivity contribution < 1.29 is 32.3 Å². The van der Waals surface area contributed by atoms with E-state index >= 15 is 4.39 Å². The fourth-order valence-electron chi connectivity index (χ4n) is 10.7. The third-order valence-corrected chi connectivity index (χ3v) is 24.1. The molecular formula is C64H84FN8O5S2Si2+. The van der Waals surface area contributed by atoms with Gasteiger partial charge in [-0.05, 0) is 129 Å². The number of ether oxygens (including phenoxy) is 3. The Balaban J connectivity index is 1.13. The molecule has 0 bridgehead atoms. The van der Waals surface area contributed by atoms with Gasteiger partial charge in [-0.2, -0.15) is 4.99 Å². The van der Waals surface area contributed by atoms with Gasteiger partial charge in [-0.15, -0.1) is 21.5 Å². The fourth-order valence-corrected chi connectivity index (χ4v) is 18.3. The monoisotopic (exact) mass is 1180 g/mol. The summed E-state index contributed by atoms with van der Waals surface area (Å²) < 4.78 is 45.1. The lowest BCUT2D eigenvalue weighted by molar-refractivity contribution is -0.916. The number of methoxy groups -OCH3 is 1. The summed E-state index contributed by atoms with van der Waals surface area (Å²) >= 11 is 3.02. The number of halogens is 1. The molecule has 4 aromatic carbocycles. The maximum Gasteiger partial charge on any atom is 0.357 e. The Morgan fingerprint density at radius 3 is 2.23 bits per heavy atom. The highest BCUT2D eigenvalue weighted by molar-refractivity contribution is 7.16. The number of hydrogen-bond acceptors (Lipinski definition) is 13. The molecule has 1 aliphatic heterocycles. The van der Waals surface area contributed by atoms with Crippen molar-refractivity contribution in [3.8, 4) is 17.6 Å². The van der Waals surface area contributed by atoms with E-state index in [0.29, 0.717) is 61.6 Å². The molecule has 0 spiro atoms. The SMILES string of the molecule is COC(=O)c1nc(N(CCCC(C[N+]2(C)CCCCC2)O[Si](c2ccccc2)(c2ccccc2)C(C)(C)C)c2cc(C)c(N=c3sc4ccccc4n3COCC[Si](C)(C)C)nn2)sc1CCCOc1ccc(C#CCN(C)C)cc1F. The Labute approximate surface area is 495 Å². The van der Waals surface area contributed by atoms with Crippen LogP contribution < -0.4 is 24.8 Å². The highest BCUT2D eigenvalue weighted by Gasteiger charge is 2.52. The summed E-state index contributed by atoms with van der Waals surface area (Å²) in [6.07, 6.45) is 5.97. The van der Waals surface area contributed by atoms with E-state index in [4.69, 9.17) is 38.8 Å². The zero-order valence-electron chi connectivity index (χ0n) is 50.1. The third-order valence-electron chi connectivity index (χ3n) is 15.1. The number of quaternary nitrogens is 1. The van der Waals surface area contributed by atoms with Crippen LogP contribution in [0.5, 0.6) is 5.75 Å². The molecule has 1 fully saturated rings. The van der Waals surface area contributed by atoms with Gasteiger partial charge < -0.3 is 28.0 Å². The van der Waals surface area contributed by atoms with Crippen molar-refractivity contribution in [2.75, 3.05) is 79.1 Å². The summed E-state index contributed by atoms with van der Waals surface area (Å²) in [6, 6.07) is 38.0. The van der Waals surface area contributed by atoms with Crippen LogP contribution in [0.15, 0.2) is 114 Å². The Kier molecular flexibility index (Phi) is 21.3. The smallest absolute Gasteiger partial charge is 0.357 e. The topological polar surface area (TPSA) is 116 Å². The lowest BCUT2D eigenvalue weighted by Crippen LogP contribution is -2.69. The Bertz CT molecular complexity index is 3320. The molecular weight excluding hydrogens is 1100 g/mol. The summed E-state index contributed by atoms with van der Waals surface area (Å²) in [6.45, 7) is 21.6. The summed E-state index contributed by atoms with van der Waals surface area (Å²) in [7, 11) is 3.41. The molecule has 7 aromatic rings. The first-order valence-corrected chi connectivity index (χ1v) is 36.1. The molecule has 82 heavy (non-hydrogen) atoms. The lowest BCUT2D eigenvalue weighted by Gasteiger charge is -2.47. The standard InChI is InChI=1S/C64H84FN8O5S2Si2/c1-48-44-58(68-69-60(48)67-63-72(47-76-42-43-81(9,10)11)54-32-19-20-33-56(54)79-63)71(62-66-59(61(74)75-8)57(80-62)34-25-41-77-55-36-35-49(45-53(55)65)26-23-37-70(5)6)38-24-27-50(46-73(7)39-21-14-22-40-73)78-82(64(2,3)4,51-28-15-12-16-29-51)52-30-17-13-18-31-52/h12-13,15-20,28-33,35-36,44-45,50H,14,21-22,24-25,27,34,37-43,46-47H2,1-11H3/q+1. The average molecular weight is 1180 g/mol. The van der Waals surface area contributed by atoms with E-state index in [1.807, 2.05) is 44.1 Å². The minimum atomic E-state index is -2.95. The number of likely N-dealkylation sites (tertiary alicyclic amines) is 1. The van der Waals surface area contributed by atoms with E-state index in [0.717, 1.165) is 68.5 Å². The molecule has 0 aliphatic carbocycles. The second-order valence-electron chi connectivity index (χ2n) is 24.4. The van der Waals surface area contributed by atoms with Crippen molar-refractivity contribution in [3.63, 3.8) is 0 Å². The van der Waals surface area contributed by atoms with E-state index in [1.54, 1.807) is 23.5 Å². The number of aryl methyl sites for hydroxylation is 2. The fraction of sp³-hybridized carbons (Fsp3) is 0.453. The van der Waals surface area contributed by atoms with Gasteiger partial charge >= 0.3 is 5.97 Å². The van der Waals surface area contributed by atoms with Crippen molar-refractivity contribution in [1.82, 2.24) is 24.6 Å².